The highest BCUT2D eigenvalue weighted by Crippen LogP contribution is 2.09. The summed E-state index contributed by atoms with van der Waals surface area (Å²) in [7, 11) is 0. The van der Waals surface area contributed by atoms with Crippen LogP contribution < -0.4 is 0 Å². The molecule has 1 rings (SSSR count). The van der Waals surface area contributed by atoms with Crippen molar-refractivity contribution in [3.05, 3.63) is 18.0 Å². The van der Waals surface area contributed by atoms with Gasteiger partial charge in [-0.15, -0.1) is 0 Å². The van der Waals surface area contributed by atoms with E-state index in [4.69, 9.17) is 5.11 Å². The molecular formula is C10H16N2O4. The molecule has 1 aromatic heterocycles. The number of aromatic nitrogens is 2. The zero-order chi connectivity index (χ0) is 12.0. The minimum Gasteiger partial charge on any atom is -0.481 e. The van der Waals surface area contributed by atoms with E-state index < -0.39 is 18.2 Å². The molecule has 0 saturated carbocycles. The van der Waals surface area contributed by atoms with E-state index in [2.05, 4.69) is 10.2 Å². The highest BCUT2D eigenvalue weighted by atomic mass is 16.4. The zero-order valence-electron chi connectivity index (χ0n) is 8.83. The number of carboxylic acids is 1. The van der Waals surface area contributed by atoms with Crippen molar-refractivity contribution in [2.75, 3.05) is 0 Å². The molecule has 0 aliphatic carbocycles. The number of nitrogens with one attached hydrogen (secondary N) is 1. The largest absolute Gasteiger partial charge is 0.481 e. The van der Waals surface area contributed by atoms with Crippen molar-refractivity contribution in [2.24, 2.45) is 0 Å². The smallest absolute Gasteiger partial charge is 0.305 e. The summed E-state index contributed by atoms with van der Waals surface area (Å²) in [6.45, 7) is 0. The molecule has 0 bridgehead atoms. The van der Waals surface area contributed by atoms with Crippen molar-refractivity contribution < 1.29 is 20.1 Å². The number of aliphatic hydroxyl groups is 2. The van der Waals surface area contributed by atoms with E-state index in [9.17, 15) is 15.0 Å². The maximum absolute atomic E-state index is 10.3. The number of rotatable bonds is 7. The lowest BCUT2D eigenvalue weighted by atomic mass is 10.0. The molecule has 1 heterocycles. The van der Waals surface area contributed by atoms with Gasteiger partial charge in [0.15, 0.2) is 0 Å². The van der Waals surface area contributed by atoms with Crippen molar-refractivity contribution in [1.82, 2.24) is 10.2 Å². The number of aliphatic hydroxyl groups excluding tert-OH is 2. The van der Waals surface area contributed by atoms with Gasteiger partial charge in [0.25, 0.3) is 0 Å². The minimum atomic E-state index is -1.06. The molecule has 0 aliphatic rings. The third-order valence-electron chi connectivity index (χ3n) is 2.26. The van der Waals surface area contributed by atoms with E-state index in [1.54, 1.807) is 12.3 Å². The average Bonchev–Trinajstić information content (AvgIpc) is 2.65. The Morgan fingerprint density at radius 1 is 1.44 bits per heavy atom. The quantitative estimate of drug-likeness (QED) is 0.522. The van der Waals surface area contributed by atoms with Gasteiger partial charge in [-0.05, 0) is 25.3 Å². The average molecular weight is 228 g/mol. The molecule has 0 radical (unpaired) electrons. The van der Waals surface area contributed by atoms with Crippen LogP contribution >= 0.6 is 0 Å². The molecular weight excluding hydrogens is 212 g/mol. The van der Waals surface area contributed by atoms with Gasteiger partial charge in [-0.1, -0.05) is 0 Å². The van der Waals surface area contributed by atoms with Crippen LogP contribution in [0.3, 0.4) is 0 Å². The molecule has 4 N–H and O–H groups in total. The van der Waals surface area contributed by atoms with Crippen LogP contribution in [0.1, 0.15) is 25.0 Å². The maximum Gasteiger partial charge on any atom is 0.305 e. The molecule has 0 fully saturated rings. The number of aromatic amines is 1. The highest BCUT2D eigenvalue weighted by molar-refractivity contribution is 5.67. The third kappa shape index (κ3) is 4.90. The Morgan fingerprint density at radius 2 is 2.19 bits per heavy atom. The Hall–Kier alpha value is -1.40. The van der Waals surface area contributed by atoms with Gasteiger partial charge in [0.05, 0.1) is 18.6 Å². The molecule has 1 aromatic rings. The Labute approximate surface area is 92.9 Å². The normalized spacial score (nSPS) is 14.6. The van der Waals surface area contributed by atoms with E-state index in [0.717, 1.165) is 5.69 Å². The molecule has 6 nitrogen and oxygen atoms in total. The summed E-state index contributed by atoms with van der Waals surface area (Å²) in [4.78, 5) is 10.3. The topological polar surface area (TPSA) is 106 Å². The monoisotopic (exact) mass is 228 g/mol. The van der Waals surface area contributed by atoms with Crippen LogP contribution in [-0.2, 0) is 11.2 Å². The van der Waals surface area contributed by atoms with Gasteiger partial charge in [-0.2, -0.15) is 5.10 Å². The van der Waals surface area contributed by atoms with Gasteiger partial charge in [-0.25, -0.2) is 0 Å². The van der Waals surface area contributed by atoms with Crippen LogP contribution in [0.15, 0.2) is 12.3 Å². The van der Waals surface area contributed by atoms with Crippen LogP contribution in [0.2, 0.25) is 0 Å². The van der Waals surface area contributed by atoms with Crippen LogP contribution in [0, 0.1) is 0 Å². The van der Waals surface area contributed by atoms with Crippen LogP contribution in [0.25, 0.3) is 0 Å². The van der Waals surface area contributed by atoms with Crippen molar-refractivity contribution in [3.63, 3.8) is 0 Å². The molecule has 2 unspecified atom stereocenters. The van der Waals surface area contributed by atoms with Gasteiger partial charge in [0.2, 0.25) is 0 Å². The Morgan fingerprint density at radius 3 is 2.75 bits per heavy atom. The number of carbonyl (C=O) groups is 1. The molecule has 0 aliphatic heterocycles. The number of hydrogen-bond donors (Lipinski definition) is 4. The fourth-order valence-corrected chi connectivity index (χ4v) is 1.46. The van der Waals surface area contributed by atoms with Crippen LogP contribution in [-0.4, -0.2) is 43.7 Å². The van der Waals surface area contributed by atoms with Crippen molar-refractivity contribution in [1.29, 1.82) is 0 Å². The van der Waals surface area contributed by atoms with Gasteiger partial charge < -0.3 is 15.3 Å². The zero-order valence-corrected chi connectivity index (χ0v) is 8.83. The summed E-state index contributed by atoms with van der Waals surface area (Å²) in [5.74, 6) is -1.06. The fourth-order valence-electron chi connectivity index (χ4n) is 1.46. The van der Waals surface area contributed by atoms with Crippen LogP contribution in [0.4, 0.5) is 0 Å². The number of H-pyrrole nitrogens is 1. The number of carboxylic acid groups (broad SMARTS) is 1. The lowest BCUT2D eigenvalue weighted by Gasteiger charge is -2.13. The van der Waals surface area contributed by atoms with Gasteiger partial charge in [0.1, 0.15) is 0 Å². The van der Waals surface area contributed by atoms with Gasteiger partial charge in [0, 0.05) is 11.9 Å². The standard InChI is InChI=1S/C10H16N2O4/c13-8(5-9(14)6-10(15)16)2-1-7-3-4-11-12-7/h3-4,8-9,13-14H,1-2,5-6H2,(H,11,12)(H,15,16). The highest BCUT2D eigenvalue weighted by Gasteiger charge is 2.15. The first kappa shape index (κ1) is 12.7. The van der Waals surface area contributed by atoms with E-state index in [1.807, 2.05) is 0 Å². The number of nitrogens with zero attached hydrogens (tertiary/aromatic N) is 1. The van der Waals surface area contributed by atoms with Crippen molar-refractivity contribution >= 4 is 5.97 Å². The van der Waals surface area contributed by atoms with Gasteiger partial charge in [-0.3, -0.25) is 9.89 Å². The molecule has 0 amide bonds. The Kier molecular flexibility index (Phi) is 4.94. The molecule has 0 spiro atoms. The second-order valence-electron chi connectivity index (χ2n) is 3.76. The minimum absolute atomic E-state index is 0.0838. The number of aryl methyl sites for hydroxylation is 1. The van der Waals surface area contributed by atoms with E-state index in [0.29, 0.717) is 12.8 Å². The summed E-state index contributed by atoms with van der Waals surface area (Å²) in [6.07, 6.45) is 0.787. The van der Waals surface area contributed by atoms with Gasteiger partial charge >= 0.3 is 5.97 Å². The first-order chi connectivity index (χ1) is 7.58. The second kappa shape index (κ2) is 6.24. The summed E-state index contributed by atoms with van der Waals surface area (Å²) in [6, 6.07) is 1.81. The van der Waals surface area contributed by atoms with E-state index in [-0.39, 0.29) is 12.8 Å². The predicted molar refractivity (Wildman–Crippen MR) is 55.8 cm³/mol. The van der Waals surface area contributed by atoms with E-state index in [1.165, 1.54) is 0 Å². The molecule has 2 atom stereocenters. The molecule has 90 valence electrons. The summed E-state index contributed by atoms with van der Waals surface area (Å²) < 4.78 is 0. The summed E-state index contributed by atoms with van der Waals surface area (Å²) in [5.41, 5.74) is 0.909. The first-order valence-corrected chi connectivity index (χ1v) is 5.14. The van der Waals surface area contributed by atoms with E-state index >= 15 is 0 Å². The maximum atomic E-state index is 10.3. The summed E-state index contributed by atoms with van der Waals surface area (Å²) >= 11 is 0. The second-order valence-corrected chi connectivity index (χ2v) is 3.76. The number of aliphatic carboxylic acids is 1. The first-order valence-electron chi connectivity index (χ1n) is 5.14. The molecule has 0 aromatic carbocycles. The van der Waals surface area contributed by atoms with Crippen LogP contribution in [0.5, 0.6) is 0 Å². The SMILES string of the molecule is O=C(O)CC(O)CC(O)CCc1ccn[nH]1. The summed E-state index contributed by atoms with van der Waals surface area (Å²) in [5, 5.41) is 33.8. The fraction of sp³-hybridized carbons (Fsp3) is 0.600. The lowest BCUT2D eigenvalue weighted by molar-refractivity contribution is -0.139. The van der Waals surface area contributed by atoms with Crippen molar-refractivity contribution in [2.45, 2.75) is 37.9 Å². The number of hydrogen-bond acceptors (Lipinski definition) is 4. The molecule has 6 heteroatoms. The van der Waals surface area contributed by atoms with Crippen molar-refractivity contribution in [3.8, 4) is 0 Å². The Bertz CT molecular complexity index is 313. The Balaban J connectivity index is 2.20. The lowest BCUT2D eigenvalue weighted by Crippen LogP contribution is -2.21. The molecule has 16 heavy (non-hydrogen) atoms. The molecule has 0 saturated heterocycles. The predicted octanol–water partition coefficient (Wildman–Crippen LogP) is -0.0711. The third-order valence-corrected chi connectivity index (χ3v) is 2.26.